The normalized spacial score (nSPS) is 13.2. The number of carbonyl (C=O) groups excluding carboxylic acids is 1. The van der Waals surface area contributed by atoms with Gasteiger partial charge < -0.3 is 10.6 Å². The maximum atomic E-state index is 13.4. The molecule has 0 saturated carbocycles. The van der Waals surface area contributed by atoms with Gasteiger partial charge in [0.15, 0.2) is 11.5 Å². The number of nitrogens with one attached hydrogen (secondary N) is 1. The van der Waals surface area contributed by atoms with Crippen LogP contribution in [0.4, 0.5) is 10.6 Å². The number of halogens is 1. The second kappa shape index (κ2) is 9.92. The first-order chi connectivity index (χ1) is 15.6. The molecule has 0 aliphatic heterocycles. The van der Waals surface area contributed by atoms with E-state index in [4.69, 9.17) is 22.1 Å². The van der Waals surface area contributed by atoms with Crippen molar-refractivity contribution in [2.75, 3.05) is 25.1 Å². The van der Waals surface area contributed by atoms with Crippen molar-refractivity contribution in [2.24, 2.45) is 0 Å². The topological polar surface area (TPSA) is 140 Å². The van der Waals surface area contributed by atoms with E-state index in [0.717, 1.165) is 23.0 Å². The van der Waals surface area contributed by atoms with Crippen LogP contribution in [-0.2, 0) is 16.3 Å². The lowest BCUT2D eigenvalue weighted by Gasteiger charge is -2.17. The van der Waals surface area contributed by atoms with E-state index in [0.29, 0.717) is 18.0 Å². The summed E-state index contributed by atoms with van der Waals surface area (Å²) in [4.78, 5) is 36.4. The molecule has 0 saturated heterocycles. The molecule has 1 atom stereocenters. The largest absolute Gasteiger partial charge is 0.382 e. The van der Waals surface area contributed by atoms with E-state index in [1.165, 1.54) is 9.47 Å². The molecular formula is C21H28ClN7O3S. The maximum absolute atomic E-state index is 13.4. The molecule has 0 radical (unpaired) electrons. The third-order valence-corrected chi connectivity index (χ3v) is 7.19. The Kier molecular flexibility index (Phi) is 7.43. The van der Waals surface area contributed by atoms with E-state index in [9.17, 15) is 13.8 Å². The Morgan fingerprint density at radius 3 is 2.48 bits per heavy atom. The van der Waals surface area contributed by atoms with Crippen LogP contribution in [0.1, 0.15) is 38.7 Å². The van der Waals surface area contributed by atoms with Gasteiger partial charge in [-0.15, -0.1) is 0 Å². The van der Waals surface area contributed by atoms with Gasteiger partial charge in [0.05, 0.1) is 6.54 Å². The molecule has 3 aromatic rings. The van der Waals surface area contributed by atoms with E-state index in [2.05, 4.69) is 9.97 Å². The van der Waals surface area contributed by atoms with Crippen molar-refractivity contribution >= 4 is 44.3 Å². The Morgan fingerprint density at radius 2 is 1.88 bits per heavy atom. The number of rotatable bonds is 8. The fourth-order valence-corrected chi connectivity index (χ4v) is 4.79. The molecular weight excluding hydrogens is 466 g/mol. The van der Waals surface area contributed by atoms with Crippen LogP contribution in [-0.4, -0.2) is 53.6 Å². The van der Waals surface area contributed by atoms with Crippen molar-refractivity contribution in [1.82, 2.24) is 24.0 Å². The third-order valence-electron chi connectivity index (χ3n) is 5.18. The van der Waals surface area contributed by atoms with Crippen LogP contribution in [0.5, 0.6) is 0 Å². The van der Waals surface area contributed by atoms with Gasteiger partial charge in [0.2, 0.25) is 5.16 Å². The first-order valence-electron chi connectivity index (χ1n) is 10.7. The summed E-state index contributed by atoms with van der Waals surface area (Å²) in [5, 5.41) is 0.298. The van der Waals surface area contributed by atoms with E-state index in [-0.39, 0.29) is 34.4 Å². The summed E-state index contributed by atoms with van der Waals surface area (Å²) in [6.45, 7) is 4.34. The lowest BCUT2D eigenvalue weighted by molar-refractivity contribution is 0.210. The molecule has 12 heteroatoms. The van der Waals surface area contributed by atoms with Crippen molar-refractivity contribution in [3.05, 3.63) is 45.3 Å². The average molecular weight is 494 g/mol. The lowest BCUT2D eigenvalue weighted by atomic mass is 10.2. The highest BCUT2D eigenvalue weighted by atomic mass is 35.5. The van der Waals surface area contributed by atoms with Crippen LogP contribution in [0.2, 0.25) is 5.02 Å². The number of nitrogens with two attached hydrogens (primary N) is 1. The minimum absolute atomic E-state index is 0.0396. The molecule has 178 valence electrons. The molecule has 1 amide bonds. The van der Waals surface area contributed by atoms with Crippen LogP contribution in [0, 0.1) is 4.78 Å². The SMILES string of the molecule is CCCCN(C)C(=O)n1c(=O)n(Cc2ccc(Cl)cc2)c2nc([S@](=N)(=O)CCC)nc(N)c21. The Hall–Kier alpha value is -2.92. The number of anilines is 1. The lowest BCUT2D eigenvalue weighted by Crippen LogP contribution is -2.38. The number of aromatic nitrogens is 4. The van der Waals surface area contributed by atoms with E-state index in [1.54, 1.807) is 38.2 Å². The molecule has 3 rings (SSSR count). The standard InChI is InChI=1S/C21H28ClN7O3S/c1-4-6-11-27(3)20(30)29-16-17(23)25-19(33(24,32)12-5-2)26-18(16)28(21(29)31)13-14-7-9-15(22)10-8-14/h7-10,24H,4-6,11-13H2,1-3H3,(H2,23,25,26)/t33-/m1/s1. The van der Waals surface area contributed by atoms with Gasteiger partial charge >= 0.3 is 11.7 Å². The van der Waals surface area contributed by atoms with Crippen molar-refractivity contribution in [3.63, 3.8) is 0 Å². The number of nitrogens with zero attached hydrogens (tertiary/aromatic N) is 5. The van der Waals surface area contributed by atoms with E-state index < -0.39 is 21.4 Å². The van der Waals surface area contributed by atoms with Gasteiger partial charge in [0, 0.05) is 24.4 Å². The smallest absolute Gasteiger partial charge is 0.339 e. The van der Waals surface area contributed by atoms with Crippen LogP contribution in [0.3, 0.4) is 0 Å². The predicted molar refractivity (Wildman–Crippen MR) is 129 cm³/mol. The zero-order valence-electron chi connectivity index (χ0n) is 18.9. The van der Waals surface area contributed by atoms with Crippen LogP contribution >= 0.6 is 11.6 Å². The second-order valence-electron chi connectivity index (χ2n) is 7.83. The van der Waals surface area contributed by atoms with Gasteiger partial charge in [0.1, 0.15) is 15.2 Å². The summed E-state index contributed by atoms with van der Waals surface area (Å²) in [5.41, 5.74) is 6.37. The molecule has 2 heterocycles. The highest BCUT2D eigenvalue weighted by Gasteiger charge is 2.27. The van der Waals surface area contributed by atoms with Crippen LogP contribution < -0.4 is 11.4 Å². The van der Waals surface area contributed by atoms with Gasteiger partial charge in [-0.05, 0) is 30.5 Å². The number of hydrogen-bond donors (Lipinski definition) is 2. The Bertz CT molecular complexity index is 1330. The quantitative estimate of drug-likeness (QED) is 0.461. The number of carbonyl (C=O) groups is 1. The number of hydrogen-bond acceptors (Lipinski definition) is 7. The van der Waals surface area contributed by atoms with Crippen molar-refractivity contribution < 1.29 is 9.00 Å². The minimum Gasteiger partial charge on any atom is -0.382 e. The molecule has 0 fully saturated rings. The Labute approximate surface area is 197 Å². The Balaban J connectivity index is 2.26. The van der Waals surface area contributed by atoms with Gasteiger partial charge in [-0.2, -0.15) is 4.98 Å². The monoisotopic (exact) mass is 493 g/mol. The maximum Gasteiger partial charge on any atom is 0.339 e. The number of unbranched alkanes of at least 4 members (excludes halogenated alkanes) is 1. The zero-order valence-corrected chi connectivity index (χ0v) is 20.4. The summed E-state index contributed by atoms with van der Waals surface area (Å²) in [5.74, 6) is -0.117. The number of fused-ring (bicyclic) bond motifs is 1. The number of amides is 1. The van der Waals surface area contributed by atoms with Gasteiger partial charge in [-0.1, -0.05) is 44.0 Å². The molecule has 0 bridgehead atoms. The first-order valence-corrected chi connectivity index (χ1v) is 12.8. The summed E-state index contributed by atoms with van der Waals surface area (Å²) in [7, 11) is -1.70. The summed E-state index contributed by atoms with van der Waals surface area (Å²) >= 11 is 5.97. The van der Waals surface area contributed by atoms with Gasteiger partial charge in [-0.3, -0.25) is 4.57 Å². The molecule has 0 unspecified atom stereocenters. The molecule has 0 spiro atoms. The molecule has 0 aliphatic rings. The molecule has 33 heavy (non-hydrogen) atoms. The highest BCUT2D eigenvalue weighted by Crippen LogP contribution is 2.22. The van der Waals surface area contributed by atoms with Crippen molar-refractivity contribution in [2.45, 2.75) is 44.8 Å². The van der Waals surface area contributed by atoms with Crippen molar-refractivity contribution in [1.29, 1.82) is 4.78 Å². The number of nitrogen functional groups attached to an aromatic ring is 1. The van der Waals surface area contributed by atoms with E-state index in [1.807, 2.05) is 6.92 Å². The number of imidazole rings is 1. The molecule has 3 N–H and O–H groups in total. The second-order valence-corrected chi connectivity index (χ2v) is 10.4. The number of benzene rings is 1. The van der Waals surface area contributed by atoms with Gasteiger partial charge in [0.25, 0.3) is 0 Å². The predicted octanol–water partition coefficient (Wildman–Crippen LogP) is 3.39. The first kappa shape index (κ1) is 24.7. The van der Waals surface area contributed by atoms with Crippen LogP contribution in [0.25, 0.3) is 11.2 Å². The Morgan fingerprint density at radius 1 is 1.21 bits per heavy atom. The summed E-state index contributed by atoms with van der Waals surface area (Å²) < 4.78 is 23.3. The average Bonchev–Trinajstić information content (AvgIpc) is 3.05. The molecule has 10 nitrogen and oxygen atoms in total. The van der Waals surface area contributed by atoms with Crippen molar-refractivity contribution in [3.8, 4) is 0 Å². The zero-order chi connectivity index (χ0) is 24.3. The van der Waals surface area contributed by atoms with Crippen LogP contribution in [0.15, 0.2) is 34.2 Å². The molecule has 2 aromatic heterocycles. The third kappa shape index (κ3) is 5.03. The fourth-order valence-electron chi connectivity index (χ4n) is 3.43. The summed E-state index contributed by atoms with van der Waals surface area (Å²) in [6.07, 6.45) is 2.14. The summed E-state index contributed by atoms with van der Waals surface area (Å²) in [6, 6.07) is 6.33. The van der Waals surface area contributed by atoms with Gasteiger partial charge in [-0.25, -0.2) is 28.1 Å². The molecule has 1 aromatic carbocycles. The highest BCUT2D eigenvalue weighted by molar-refractivity contribution is 7.92. The molecule has 0 aliphatic carbocycles. The minimum atomic E-state index is -3.31. The fraction of sp³-hybridized carbons (Fsp3) is 0.429. The van der Waals surface area contributed by atoms with E-state index >= 15 is 0 Å².